The summed E-state index contributed by atoms with van der Waals surface area (Å²) in [5.74, 6) is 0.333. The van der Waals surface area contributed by atoms with Crippen molar-refractivity contribution in [3.8, 4) is 0 Å². The molecule has 0 aromatic heterocycles. The number of guanidine groups is 1. The van der Waals surface area contributed by atoms with E-state index in [4.69, 9.17) is 10.5 Å². The average molecular weight is 539 g/mol. The zero-order valence-electron chi connectivity index (χ0n) is 17.0. The molecule has 1 aromatic carbocycles. The van der Waals surface area contributed by atoms with E-state index < -0.39 is 10.0 Å². The quantitative estimate of drug-likeness (QED) is 0.322. The van der Waals surface area contributed by atoms with Crippen LogP contribution in [0, 0.1) is 0 Å². The van der Waals surface area contributed by atoms with Crippen LogP contribution < -0.4 is 11.1 Å². The number of rotatable bonds is 6. The minimum absolute atomic E-state index is 0. The molecule has 0 aliphatic carbocycles. The van der Waals surface area contributed by atoms with Crippen LogP contribution in [0.4, 0.5) is 4.79 Å². The molecule has 1 amide bonds. The Morgan fingerprint density at radius 3 is 2.38 bits per heavy atom. The van der Waals surface area contributed by atoms with Crippen molar-refractivity contribution in [3.05, 3.63) is 29.8 Å². The molecule has 1 aliphatic heterocycles. The van der Waals surface area contributed by atoms with Gasteiger partial charge in [0.25, 0.3) is 0 Å². The van der Waals surface area contributed by atoms with Crippen LogP contribution in [-0.4, -0.2) is 69.5 Å². The number of nitrogens with two attached hydrogens (primary N) is 1. The molecule has 1 heterocycles. The number of likely N-dealkylation sites (tertiary alicyclic amines) is 1. The second-order valence-electron chi connectivity index (χ2n) is 6.74. The van der Waals surface area contributed by atoms with Crippen molar-refractivity contribution in [3.63, 3.8) is 0 Å². The molecule has 0 saturated carbocycles. The fraction of sp³-hybridized carbons (Fsp3) is 0.556. The van der Waals surface area contributed by atoms with Crippen molar-refractivity contribution in [2.75, 3.05) is 33.8 Å². The summed E-state index contributed by atoms with van der Waals surface area (Å²) < 4.78 is 30.3. The Kier molecular flexibility index (Phi) is 10.1. The van der Waals surface area contributed by atoms with E-state index in [0.29, 0.717) is 32.2 Å². The number of carbonyl (C=O) groups is 1. The molecular formula is C18H30IN5O4S. The molecule has 0 atom stereocenters. The first-order valence-electron chi connectivity index (χ1n) is 9.23. The topological polar surface area (TPSA) is 117 Å². The van der Waals surface area contributed by atoms with Crippen LogP contribution in [0.2, 0.25) is 0 Å². The lowest BCUT2D eigenvalue weighted by atomic mass is 10.1. The molecule has 1 aromatic rings. The molecule has 29 heavy (non-hydrogen) atoms. The third kappa shape index (κ3) is 7.30. The summed E-state index contributed by atoms with van der Waals surface area (Å²) in [5.41, 5.74) is 6.83. The number of ether oxygens (including phenoxy) is 1. The highest BCUT2D eigenvalue weighted by atomic mass is 127. The zero-order chi connectivity index (χ0) is 20.7. The predicted molar refractivity (Wildman–Crippen MR) is 123 cm³/mol. The maximum atomic E-state index is 12.1. The van der Waals surface area contributed by atoms with E-state index in [0.717, 1.165) is 18.4 Å². The number of halogens is 1. The van der Waals surface area contributed by atoms with Gasteiger partial charge < -0.3 is 20.7 Å². The first-order chi connectivity index (χ1) is 13.2. The van der Waals surface area contributed by atoms with Crippen molar-refractivity contribution in [1.29, 1.82) is 0 Å². The van der Waals surface area contributed by atoms with Gasteiger partial charge in [-0.1, -0.05) is 12.1 Å². The van der Waals surface area contributed by atoms with Gasteiger partial charge in [-0.2, -0.15) is 0 Å². The summed E-state index contributed by atoms with van der Waals surface area (Å²) >= 11 is 0. The Bertz CT molecular complexity index is 791. The number of piperidine rings is 1. The van der Waals surface area contributed by atoms with Crippen LogP contribution in [0.3, 0.4) is 0 Å². The molecule has 9 nitrogen and oxygen atoms in total. The Hall–Kier alpha value is -1.60. The monoisotopic (exact) mass is 539 g/mol. The van der Waals surface area contributed by atoms with E-state index in [2.05, 4.69) is 10.3 Å². The predicted octanol–water partition coefficient (Wildman–Crippen LogP) is 1.58. The number of nitrogens with zero attached hydrogens (tertiary/aromatic N) is 3. The molecule has 11 heteroatoms. The molecular weight excluding hydrogens is 509 g/mol. The first kappa shape index (κ1) is 25.4. The van der Waals surface area contributed by atoms with Crippen molar-refractivity contribution in [1.82, 2.24) is 14.5 Å². The highest BCUT2D eigenvalue weighted by molar-refractivity contribution is 14.0. The molecule has 0 spiro atoms. The molecule has 2 rings (SSSR count). The van der Waals surface area contributed by atoms with Crippen molar-refractivity contribution >= 4 is 46.1 Å². The molecule has 3 N–H and O–H groups in total. The normalized spacial score (nSPS) is 15.7. The number of hydrogen-bond acceptors (Lipinski definition) is 5. The number of amides is 1. The molecule has 164 valence electrons. The van der Waals surface area contributed by atoms with E-state index in [1.807, 2.05) is 0 Å². The van der Waals surface area contributed by atoms with Crippen LogP contribution in [-0.2, 0) is 21.3 Å². The number of hydrogen-bond donors (Lipinski definition) is 2. The van der Waals surface area contributed by atoms with E-state index >= 15 is 0 Å². The van der Waals surface area contributed by atoms with Gasteiger partial charge in [0.1, 0.15) is 0 Å². The minimum atomic E-state index is -3.43. The van der Waals surface area contributed by atoms with Gasteiger partial charge in [0.2, 0.25) is 10.0 Å². The maximum absolute atomic E-state index is 12.1. The Morgan fingerprint density at radius 2 is 1.86 bits per heavy atom. The zero-order valence-corrected chi connectivity index (χ0v) is 20.1. The summed E-state index contributed by atoms with van der Waals surface area (Å²) in [7, 11) is -0.441. The second-order valence-corrected chi connectivity index (χ2v) is 8.89. The summed E-state index contributed by atoms with van der Waals surface area (Å²) in [6, 6.07) is 6.74. The lowest BCUT2D eigenvalue weighted by Gasteiger charge is -2.31. The first-order valence-corrected chi connectivity index (χ1v) is 10.7. The van der Waals surface area contributed by atoms with Gasteiger partial charge in [0.15, 0.2) is 5.96 Å². The number of carbonyl (C=O) groups excluding carboxylic acids is 1. The van der Waals surface area contributed by atoms with Crippen molar-refractivity contribution in [2.24, 2.45) is 10.7 Å². The number of benzene rings is 1. The van der Waals surface area contributed by atoms with Crippen LogP contribution in [0.1, 0.15) is 25.3 Å². The van der Waals surface area contributed by atoms with Crippen LogP contribution in [0.25, 0.3) is 0 Å². The third-order valence-corrected chi connectivity index (χ3v) is 6.34. The SMILES string of the molecule is CCOC(=O)N1CCC(NC(N)=NCc2ccc(S(=O)(=O)N(C)C)cc2)CC1.I. The van der Waals surface area contributed by atoms with E-state index in [1.165, 1.54) is 18.4 Å². The fourth-order valence-corrected chi connectivity index (χ4v) is 3.73. The highest BCUT2D eigenvalue weighted by Gasteiger charge is 2.23. The molecule has 0 unspecified atom stereocenters. The van der Waals surface area contributed by atoms with Gasteiger partial charge in [-0.3, -0.25) is 0 Å². The second kappa shape index (κ2) is 11.6. The van der Waals surface area contributed by atoms with E-state index in [-0.39, 0.29) is 41.0 Å². The molecule has 1 saturated heterocycles. The smallest absolute Gasteiger partial charge is 0.409 e. The van der Waals surface area contributed by atoms with Gasteiger partial charge in [0.05, 0.1) is 18.0 Å². The third-order valence-electron chi connectivity index (χ3n) is 4.51. The summed E-state index contributed by atoms with van der Waals surface area (Å²) in [5, 5.41) is 3.18. The van der Waals surface area contributed by atoms with Gasteiger partial charge in [-0.25, -0.2) is 22.5 Å². The number of sulfonamides is 1. The molecule has 1 fully saturated rings. The summed E-state index contributed by atoms with van der Waals surface area (Å²) in [6.07, 6.45) is 1.26. The Labute approximate surface area is 189 Å². The lowest BCUT2D eigenvalue weighted by Crippen LogP contribution is -2.48. The van der Waals surface area contributed by atoms with Crippen LogP contribution >= 0.6 is 24.0 Å². The average Bonchev–Trinajstić information content (AvgIpc) is 2.67. The molecule has 0 bridgehead atoms. The van der Waals surface area contributed by atoms with Crippen LogP contribution in [0.15, 0.2) is 34.2 Å². The Balaban J connectivity index is 0.00000420. The maximum Gasteiger partial charge on any atom is 0.409 e. The van der Waals surface area contributed by atoms with E-state index in [9.17, 15) is 13.2 Å². The fourth-order valence-electron chi connectivity index (χ4n) is 2.83. The largest absolute Gasteiger partial charge is 0.450 e. The number of nitrogens with one attached hydrogen (secondary N) is 1. The van der Waals surface area contributed by atoms with Crippen molar-refractivity contribution < 1.29 is 17.9 Å². The molecule has 1 aliphatic rings. The molecule has 0 radical (unpaired) electrons. The minimum Gasteiger partial charge on any atom is -0.450 e. The van der Waals surface area contributed by atoms with Gasteiger partial charge in [0, 0.05) is 33.2 Å². The number of aliphatic imine (C=N–C) groups is 1. The summed E-state index contributed by atoms with van der Waals surface area (Å²) in [4.78, 5) is 18.0. The van der Waals surface area contributed by atoms with Crippen LogP contribution in [0.5, 0.6) is 0 Å². The Morgan fingerprint density at radius 1 is 1.28 bits per heavy atom. The highest BCUT2D eigenvalue weighted by Crippen LogP contribution is 2.15. The summed E-state index contributed by atoms with van der Waals surface area (Å²) in [6.45, 7) is 3.75. The van der Waals surface area contributed by atoms with Gasteiger partial charge >= 0.3 is 6.09 Å². The lowest BCUT2D eigenvalue weighted by molar-refractivity contribution is 0.0963. The standard InChI is InChI=1S/C18H29N5O4S.HI/c1-4-27-18(24)23-11-9-15(10-12-23)21-17(19)20-13-14-5-7-16(8-6-14)28(25,26)22(2)3;/h5-8,15H,4,9-13H2,1-3H3,(H3,19,20,21);1H. The van der Waals surface area contributed by atoms with E-state index in [1.54, 1.807) is 36.1 Å². The van der Waals surface area contributed by atoms with Crippen molar-refractivity contribution in [2.45, 2.75) is 37.2 Å². The van der Waals surface area contributed by atoms with Gasteiger partial charge in [-0.15, -0.1) is 24.0 Å². The van der Waals surface area contributed by atoms with Gasteiger partial charge in [-0.05, 0) is 37.5 Å².